The summed E-state index contributed by atoms with van der Waals surface area (Å²) in [5.74, 6) is 0.833. The first-order valence-electron chi connectivity index (χ1n) is 15.8. The Labute approximate surface area is 278 Å². The van der Waals surface area contributed by atoms with Gasteiger partial charge in [-0.25, -0.2) is 4.98 Å². The van der Waals surface area contributed by atoms with Crippen LogP contribution in [0.5, 0.6) is 5.75 Å². The van der Waals surface area contributed by atoms with Crippen molar-refractivity contribution in [2.24, 2.45) is 0 Å². The number of nitrogens with zero attached hydrogens (tertiary/aromatic N) is 5. The predicted octanol–water partition coefficient (Wildman–Crippen LogP) is 9.93. The molecule has 0 aliphatic carbocycles. The highest BCUT2D eigenvalue weighted by Gasteiger charge is 2.12. The van der Waals surface area contributed by atoms with Gasteiger partial charge in [-0.2, -0.15) is 0 Å². The third kappa shape index (κ3) is 5.65. The quantitative estimate of drug-likeness (QED) is 0.172. The summed E-state index contributed by atoms with van der Waals surface area (Å²) in [6, 6.07) is 37.6. The summed E-state index contributed by atoms with van der Waals surface area (Å²) in [7, 11) is 1.67. The lowest BCUT2D eigenvalue weighted by Crippen LogP contribution is -1.94. The molecule has 48 heavy (non-hydrogen) atoms. The fourth-order valence-corrected chi connectivity index (χ4v) is 5.95. The predicted molar refractivity (Wildman–Crippen MR) is 194 cm³/mol. The van der Waals surface area contributed by atoms with Crippen LogP contribution in [0.1, 0.15) is 11.1 Å². The summed E-state index contributed by atoms with van der Waals surface area (Å²) in [6.07, 6.45) is 7.60. The maximum absolute atomic E-state index is 5.31. The van der Waals surface area contributed by atoms with Gasteiger partial charge in [-0.1, -0.05) is 60.7 Å². The van der Waals surface area contributed by atoms with E-state index in [1.807, 2.05) is 75.0 Å². The number of aryl methyl sites for hydroxylation is 2. The molecule has 0 fully saturated rings. The smallest absolute Gasteiger partial charge is 0.118 e. The van der Waals surface area contributed by atoms with Gasteiger partial charge < -0.3 is 4.74 Å². The highest BCUT2D eigenvalue weighted by molar-refractivity contribution is 6.04. The van der Waals surface area contributed by atoms with Gasteiger partial charge >= 0.3 is 0 Å². The number of rotatable bonds is 6. The van der Waals surface area contributed by atoms with E-state index >= 15 is 0 Å². The first-order valence-corrected chi connectivity index (χ1v) is 15.8. The number of benzene rings is 3. The Morgan fingerprint density at radius 1 is 0.396 bits per heavy atom. The molecule has 0 saturated carbocycles. The molecule has 230 valence electrons. The summed E-state index contributed by atoms with van der Waals surface area (Å²) in [6.45, 7) is 4.07. The van der Waals surface area contributed by atoms with Crippen molar-refractivity contribution in [1.29, 1.82) is 0 Å². The van der Waals surface area contributed by atoms with Crippen LogP contribution in [0.25, 0.3) is 78.0 Å². The summed E-state index contributed by atoms with van der Waals surface area (Å²) in [5, 5.41) is 2.10. The molecule has 0 atom stereocenters. The average Bonchev–Trinajstić information content (AvgIpc) is 3.15. The maximum atomic E-state index is 5.31. The van der Waals surface area contributed by atoms with Crippen LogP contribution in [0.4, 0.5) is 0 Å². The molecule has 5 heterocycles. The van der Waals surface area contributed by atoms with Crippen LogP contribution in [0, 0.1) is 13.8 Å². The largest absolute Gasteiger partial charge is 0.497 e. The Bertz CT molecular complexity index is 2360. The fourth-order valence-electron chi connectivity index (χ4n) is 5.95. The van der Waals surface area contributed by atoms with Crippen LogP contribution in [0.15, 0.2) is 134 Å². The number of aromatic nitrogens is 5. The minimum atomic E-state index is 0.810. The highest BCUT2D eigenvalue weighted by atomic mass is 16.5. The Morgan fingerprint density at radius 2 is 0.854 bits per heavy atom. The number of ether oxygens (including phenoxy) is 1. The molecule has 3 aromatic carbocycles. The van der Waals surface area contributed by atoms with E-state index in [9.17, 15) is 0 Å². The standard InChI is InChI=1S/C42H31N5O/c1-26-4-16-37(43-22-26)39-20-33(21-40(47-39)38-17-5-27(2)23-44-38)28-6-8-29(9-7-28)34-18-31-10-11-32-19-35(25-46-42(32)41(31)45-24-34)30-12-14-36(48-3)15-13-30/h4-25H,1-3H3. The van der Waals surface area contributed by atoms with Crippen LogP contribution in [-0.2, 0) is 0 Å². The highest BCUT2D eigenvalue weighted by Crippen LogP contribution is 2.33. The lowest BCUT2D eigenvalue weighted by atomic mass is 9.98. The van der Waals surface area contributed by atoms with E-state index in [4.69, 9.17) is 19.7 Å². The van der Waals surface area contributed by atoms with Crippen molar-refractivity contribution in [3.05, 3.63) is 145 Å². The zero-order valence-electron chi connectivity index (χ0n) is 26.8. The van der Waals surface area contributed by atoms with Gasteiger partial charge in [0.2, 0.25) is 0 Å². The molecule has 0 bridgehead atoms. The third-order valence-corrected chi connectivity index (χ3v) is 8.65. The molecule has 8 aromatic rings. The molecule has 5 aromatic heterocycles. The van der Waals surface area contributed by atoms with Crippen molar-refractivity contribution in [1.82, 2.24) is 24.9 Å². The molecule has 0 aliphatic rings. The molecular formula is C42H31N5O. The van der Waals surface area contributed by atoms with Gasteiger partial charge in [-0.05, 0) is 95.8 Å². The van der Waals surface area contributed by atoms with E-state index in [2.05, 4.69) is 82.8 Å². The van der Waals surface area contributed by atoms with Crippen LogP contribution in [-0.4, -0.2) is 32.0 Å². The molecule has 0 amide bonds. The van der Waals surface area contributed by atoms with E-state index in [0.29, 0.717) is 0 Å². The van der Waals surface area contributed by atoms with Crippen molar-refractivity contribution in [2.75, 3.05) is 7.11 Å². The van der Waals surface area contributed by atoms with E-state index in [-0.39, 0.29) is 0 Å². The molecule has 0 saturated heterocycles. The second kappa shape index (κ2) is 12.2. The summed E-state index contributed by atoms with van der Waals surface area (Å²) in [4.78, 5) is 24.0. The van der Waals surface area contributed by atoms with Crippen molar-refractivity contribution in [3.8, 4) is 61.9 Å². The van der Waals surface area contributed by atoms with Gasteiger partial charge in [0, 0.05) is 46.7 Å². The zero-order chi connectivity index (χ0) is 32.6. The summed E-state index contributed by atoms with van der Waals surface area (Å²) in [5.41, 5.74) is 13.7. The molecule has 0 unspecified atom stereocenters. The number of fused-ring (bicyclic) bond motifs is 3. The second-order valence-electron chi connectivity index (χ2n) is 12.0. The Hall–Kier alpha value is -6.27. The van der Waals surface area contributed by atoms with E-state index < -0.39 is 0 Å². The van der Waals surface area contributed by atoms with Crippen LogP contribution in [0.2, 0.25) is 0 Å². The van der Waals surface area contributed by atoms with Gasteiger partial charge in [-0.3, -0.25) is 19.9 Å². The molecule has 0 spiro atoms. The second-order valence-corrected chi connectivity index (χ2v) is 12.0. The Balaban J connectivity index is 1.12. The number of hydrogen-bond acceptors (Lipinski definition) is 6. The number of hydrogen-bond donors (Lipinski definition) is 0. The zero-order valence-corrected chi connectivity index (χ0v) is 26.8. The monoisotopic (exact) mass is 621 g/mol. The van der Waals surface area contributed by atoms with E-state index in [1.54, 1.807) is 7.11 Å². The lowest BCUT2D eigenvalue weighted by Gasteiger charge is -2.11. The normalized spacial score (nSPS) is 11.2. The van der Waals surface area contributed by atoms with Crippen LogP contribution in [0.3, 0.4) is 0 Å². The third-order valence-electron chi connectivity index (χ3n) is 8.65. The minimum absolute atomic E-state index is 0.810. The van der Waals surface area contributed by atoms with Gasteiger partial charge in [0.15, 0.2) is 0 Å². The van der Waals surface area contributed by atoms with Crippen molar-refractivity contribution in [2.45, 2.75) is 13.8 Å². The van der Waals surface area contributed by atoms with Crippen molar-refractivity contribution in [3.63, 3.8) is 0 Å². The van der Waals surface area contributed by atoms with Gasteiger partial charge in [0.25, 0.3) is 0 Å². The lowest BCUT2D eigenvalue weighted by molar-refractivity contribution is 0.415. The molecule has 0 aliphatic heterocycles. The first-order chi connectivity index (χ1) is 23.5. The molecular weight excluding hydrogens is 590 g/mol. The topological polar surface area (TPSA) is 73.7 Å². The Kier molecular flexibility index (Phi) is 7.38. The van der Waals surface area contributed by atoms with E-state index in [1.165, 1.54) is 0 Å². The summed E-state index contributed by atoms with van der Waals surface area (Å²) >= 11 is 0. The van der Waals surface area contributed by atoms with Crippen LogP contribution < -0.4 is 4.74 Å². The van der Waals surface area contributed by atoms with Crippen molar-refractivity contribution < 1.29 is 4.74 Å². The fraction of sp³-hybridized carbons (Fsp3) is 0.0714. The van der Waals surface area contributed by atoms with Gasteiger partial charge in [0.1, 0.15) is 5.75 Å². The molecule has 0 radical (unpaired) electrons. The minimum Gasteiger partial charge on any atom is -0.497 e. The number of pyridine rings is 5. The van der Waals surface area contributed by atoms with Crippen molar-refractivity contribution >= 4 is 21.8 Å². The average molecular weight is 622 g/mol. The molecule has 8 rings (SSSR count). The van der Waals surface area contributed by atoms with E-state index in [0.717, 1.165) is 94.8 Å². The molecule has 6 nitrogen and oxygen atoms in total. The SMILES string of the molecule is COc1ccc(-c2cnc3c(ccc4cc(-c5ccc(-c6cc(-c7ccc(C)cn7)nc(-c7ccc(C)cn7)c6)cc5)cnc43)c2)cc1. The van der Waals surface area contributed by atoms with Gasteiger partial charge in [-0.15, -0.1) is 0 Å². The maximum Gasteiger partial charge on any atom is 0.118 e. The van der Waals surface area contributed by atoms with Crippen LogP contribution >= 0.6 is 0 Å². The Morgan fingerprint density at radius 3 is 1.29 bits per heavy atom. The molecule has 0 N–H and O–H groups in total. The summed E-state index contributed by atoms with van der Waals surface area (Å²) < 4.78 is 5.31. The number of methoxy groups -OCH3 is 1. The first kappa shape index (κ1) is 29.2. The molecule has 6 heteroatoms. The van der Waals surface area contributed by atoms with Gasteiger partial charge in [0.05, 0.1) is 40.9 Å².